The summed E-state index contributed by atoms with van der Waals surface area (Å²) in [5.41, 5.74) is -0.137. The quantitative estimate of drug-likeness (QED) is 0.881. The number of amides is 1. The van der Waals surface area contributed by atoms with Gasteiger partial charge in [-0.25, -0.2) is 0 Å². The first-order valence-corrected chi connectivity index (χ1v) is 6.19. The van der Waals surface area contributed by atoms with Crippen molar-refractivity contribution in [2.75, 3.05) is 0 Å². The first-order chi connectivity index (χ1) is 9.82. The van der Waals surface area contributed by atoms with E-state index < -0.39 is 11.7 Å². The Bertz CT molecular complexity index is 690. The van der Waals surface area contributed by atoms with Crippen LogP contribution < -0.4 is 5.32 Å². The molecule has 2 rings (SSSR count). The summed E-state index contributed by atoms with van der Waals surface area (Å²) in [4.78, 5) is 11.6. The summed E-state index contributed by atoms with van der Waals surface area (Å²) in [5.74, 6) is -0.144. The highest BCUT2D eigenvalue weighted by Crippen LogP contribution is 2.29. The molecule has 2 aromatic heterocycles. The molecule has 2 aromatic rings. The Morgan fingerprint density at radius 2 is 2.10 bits per heavy atom. The van der Waals surface area contributed by atoms with E-state index in [0.717, 1.165) is 12.3 Å². The van der Waals surface area contributed by atoms with Gasteiger partial charge in [0.2, 0.25) is 5.91 Å². The minimum absolute atomic E-state index is 0.0274. The molecule has 21 heavy (non-hydrogen) atoms. The second-order valence-corrected chi connectivity index (χ2v) is 4.40. The zero-order valence-electron chi connectivity index (χ0n) is 11.2. The molecule has 0 atom stereocenters. The Kier molecular flexibility index (Phi) is 3.97. The highest BCUT2D eigenvalue weighted by Gasteiger charge is 2.31. The van der Waals surface area contributed by atoms with Gasteiger partial charge in [-0.2, -0.15) is 13.2 Å². The maximum absolute atomic E-state index is 12.7. The Labute approximate surface area is 118 Å². The number of nitrogens with zero attached hydrogens (tertiary/aromatic N) is 3. The van der Waals surface area contributed by atoms with E-state index in [-0.39, 0.29) is 23.9 Å². The fraction of sp³-hybridized carbons (Fsp3) is 0.308. The number of alkyl halides is 3. The van der Waals surface area contributed by atoms with E-state index in [0.29, 0.717) is 12.0 Å². The van der Waals surface area contributed by atoms with Crippen molar-refractivity contribution in [1.82, 2.24) is 19.9 Å². The van der Waals surface area contributed by atoms with Gasteiger partial charge in [-0.3, -0.25) is 9.20 Å². The summed E-state index contributed by atoms with van der Waals surface area (Å²) in [7, 11) is 0. The zero-order chi connectivity index (χ0) is 15.6. The largest absolute Gasteiger partial charge is 0.417 e. The lowest BCUT2D eigenvalue weighted by molar-refractivity contribution is -0.137. The van der Waals surface area contributed by atoms with Crippen LogP contribution >= 0.6 is 0 Å². The van der Waals surface area contributed by atoms with Gasteiger partial charge in [0.05, 0.1) is 12.1 Å². The lowest BCUT2D eigenvalue weighted by Gasteiger charge is -2.08. The molecule has 0 radical (unpaired) electrons. The summed E-state index contributed by atoms with van der Waals surface area (Å²) in [6.45, 7) is 5.33. The summed E-state index contributed by atoms with van der Waals surface area (Å²) < 4.78 is 39.3. The van der Waals surface area contributed by atoms with Crippen molar-refractivity contribution in [3.8, 4) is 0 Å². The number of nitrogens with one attached hydrogen (secondary N) is 1. The summed E-state index contributed by atoms with van der Waals surface area (Å²) in [5, 5.41) is 10.1. The van der Waals surface area contributed by atoms with Crippen LogP contribution in [0.5, 0.6) is 0 Å². The monoisotopic (exact) mass is 298 g/mol. The van der Waals surface area contributed by atoms with Crippen LogP contribution in [-0.2, 0) is 17.5 Å². The lowest BCUT2D eigenvalue weighted by Crippen LogP contribution is -2.25. The highest BCUT2D eigenvalue weighted by atomic mass is 19.4. The maximum atomic E-state index is 12.7. The van der Waals surface area contributed by atoms with E-state index in [9.17, 15) is 18.0 Å². The Morgan fingerprint density at radius 1 is 1.38 bits per heavy atom. The molecule has 0 aliphatic carbocycles. The molecular formula is C13H13F3N4O. The van der Waals surface area contributed by atoms with Crippen LogP contribution in [0.4, 0.5) is 13.2 Å². The number of carbonyl (C=O) groups is 1. The van der Waals surface area contributed by atoms with Crippen LogP contribution in [0.25, 0.3) is 5.65 Å². The van der Waals surface area contributed by atoms with E-state index in [2.05, 4.69) is 22.1 Å². The molecule has 0 aliphatic heterocycles. The normalized spacial score (nSPS) is 11.6. The van der Waals surface area contributed by atoms with Crippen LogP contribution in [-0.4, -0.2) is 20.5 Å². The van der Waals surface area contributed by atoms with E-state index in [1.54, 1.807) is 6.92 Å². The topological polar surface area (TPSA) is 59.3 Å². The second kappa shape index (κ2) is 5.55. The van der Waals surface area contributed by atoms with Crippen molar-refractivity contribution >= 4 is 11.6 Å². The molecule has 0 aliphatic rings. The summed E-state index contributed by atoms with van der Waals surface area (Å²) in [6.07, 6.45) is -3.05. The minimum Gasteiger partial charge on any atom is -0.345 e. The Hall–Kier alpha value is -2.38. The fourth-order valence-electron chi connectivity index (χ4n) is 1.67. The van der Waals surface area contributed by atoms with Gasteiger partial charge in [-0.05, 0) is 18.6 Å². The van der Waals surface area contributed by atoms with E-state index in [1.165, 1.54) is 10.5 Å². The first kappa shape index (κ1) is 15.0. The molecular weight excluding hydrogens is 285 g/mol. The third kappa shape index (κ3) is 3.21. The number of halogens is 3. The van der Waals surface area contributed by atoms with Crippen molar-refractivity contribution in [1.29, 1.82) is 0 Å². The SMILES string of the molecule is C=C(CC)C(=O)NCc1nnc2ccc(C(F)(F)F)cn12. The third-order valence-electron chi connectivity index (χ3n) is 2.96. The number of rotatable bonds is 4. The number of pyridine rings is 1. The predicted molar refractivity (Wildman–Crippen MR) is 69.3 cm³/mol. The third-order valence-corrected chi connectivity index (χ3v) is 2.96. The number of hydrogen-bond acceptors (Lipinski definition) is 3. The molecule has 2 heterocycles. The van der Waals surface area contributed by atoms with Gasteiger partial charge in [-0.1, -0.05) is 13.5 Å². The van der Waals surface area contributed by atoms with E-state index in [4.69, 9.17) is 0 Å². The van der Waals surface area contributed by atoms with Crippen molar-refractivity contribution in [3.05, 3.63) is 41.9 Å². The number of hydrogen-bond donors (Lipinski definition) is 1. The number of aromatic nitrogens is 3. The highest BCUT2D eigenvalue weighted by molar-refractivity contribution is 5.92. The summed E-state index contributed by atoms with van der Waals surface area (Å²) in [6, 6.07) is 2.16. The van der Waals surface area contributed by atoms with E-state index in [1.807, 2.05) is 0 Å². The molecule has 5 nitrogen and oxygen atoms in total. The van der Waals surface area contributed by atoms with Gasteiger partial charge in [0, 0.05) is 11.8 Å². The Balaban J connectivity index is 2.24. The van der Waals surface area contributed by atoms with Gasteiger partial charge in [0.1, 0.15) is 0 Å². The maximum Gasteiger partial charge on any atom is 0.417 e. The molecule has 0 aromatic carbocycles. The van der Waals surface area contributed by atoms with Crippen molar-refractivity contribution in [3.63, 3.8) is 0 Å². The molecule has 0 spiro atoms. The van der Waals surface area contributed by atoms with Crippen molar-refractivity contribution in [2.24, 2.45) is 0 Å². The van der Waals surface area contributed by atoms with Gasteiger partial charge in [0.15, 0.2) is 11.5 Å². The number of fused-ring (bicyclic) bond motifs is 1. The van der Waals surface area contributed by atoms with E-state index >= 15 is 0 Å². The molecule has 112 valence electrons. The molecule has 0 saturated carbocycles. The van der Waals surface area contributed by atoms with Crippen molar-refractivity contribution < 1.29 is 18.0 Å². The molecule has 1 N–H and O–H groups in total. The first-order valence-electron chi connectivity index (χ1n) is 6.19. The second-order valence-electron chi connectivity index (χ2n) is 4.40. The fourth-order valence-corrected chi connectivity index (χ4v) is 1.67. The molecule has 8 heteroatoms. The van der Waals surface area contributed by atoms with Gasteiger partial charge in [-0.15, -0.1) is 10.2 Å². The van der Waals surface area contributed by atoms with Crippen LogP contribution in [0.15, 0.2) is 30.5 Å². The molecule has 0 fully saturated rings. The smallest absolute Gasteiger partial charge is 0.345 e. The van der Waals surface area contributed by atoms with Gasteiger partial charge < -0.3 is 5.32 Å². The molecule has 0 bridgehead atoms. The predicted octanol–water partition coefficient (Wildman–Crippen LogP) is 2.33. The van der Waals surface area contributed by atoms with Crippen LogP contribution in [0.3, 0.4) is 0 Å². The molecule has 1 amide bonds. The molecule has 0 unspecified atom stereocenters. The lowest BCUT2D eigenvalue weighted by atomic mass is 10.2. The van der Waals surface area contributed by atoms with Gasteiger partial charge in [0.25, 0.3) is 0 Å². The van der Waals surface area contributed by atoms with Gasteiger partial charge >= 0.3 is 6.18 Å². The van der Waals surface area contributed by atoms with Crippen LogP contribution in [0.1, 0.15) is 24.7 Å². The Morgan fingerprint density at radius 3 is 2.71 bits per heavy atom. The number of carbonyl (C=O) groups excluding carboxylic acids is 1. The van der Waals surface area contributed by atoms with Crippen molar-refractivity contribution in [2.45, 2.75) is 26.1 Å². The van der Waals surface area contributed by atoms with Crippen LogP contribution in [0, 0.1) is 0 Å². The van der Waals surface area contributed by atoms with Crippen LogP contribution in [0.2, 0.25) is 0 Å². The standard InChI is InChI=1S/C13H13F3N4O/c1-3-8(2)12(21)17-6-11-19-18-10-5-4-9(7-20(10)11)13(14,15)16/h4-5,7H,2-3,6H2,1H3,(H,17,21). The minimum atomic E-state index is -4.45. The summed E-state index contributed by atoms with van der Waals surface area (Å²) >= 11 is 0. The zero-order valence-corrected chi connectivity index (χ0v) is 11.2. The molecule has 0 saturated heterocycles. The average Bonchev–Trinajstić information content (AvgIpc) is 2.85. The average molecular weight is 298 g/mol.